The first-order valence-electron chi connectivity index (χ1n) is 17.3. The first-order valence-corrected chi connectivity index (χ1v) is 18.4. The van der Waals surface area contributed by atoms with E-state index < -0.39 is 72.4 Å². The zero-order valence-electron chi connectivity index (χ0n) is 28.2. The summed E-state index contributed by atoms with van der Waals surface area (Å²) >= 11 is 1.36. The zero-order valence-corrected chi connectivity index (χ0v) is 29.0. The summed E-state index contributed by atoms with van der Waals surface area (Å²) in [6.07, 6.45) is -11.7. The van der Waals surface area contributed by atoms with Gasteiger partial charge in [0.2, 0.25) is 0 Å². The van der Waals surface area contributed by atoms with Gasteiger partial charge in [-0.2, -0.15) is 0 Å². The first-order chi connectivity index (χ1) is 24.9. The van der Waals surface area contributed by atoms with Crippen molar-refractivity contribution in [1.29, 1.82) is 0 Å². The number of hydrogen-bond acceptors (Lipinski definition) is 11. The van der Waals surface area contributed by atoms with Crippen LogP contribution < -0.4 is 0 Å². The maximum absolute atomic E-state index is 11.6. The van der Waals surface area contributed by atoms with E-state index in [0.29, 0.717) is 5.75 Å². The molecular weight excluding hydrogens is 672 g/mol. The van der Waals surface area contributed by atoms with E-state index in [2.05, 4.69) is 0 Å². The van der Waals surface area contributed by atoms with Crippen LogP contribution >= 0.6 is 11.8 Å². The third kappa shape index (κ3) is 7.39. The number of benzene rings is 4. The molecule has 51 heavy (non-hydrogen) atoms. The molecule has 0 aromatic heterocycles. The van der Waals surface area contributed by atoms with Crippen LogP contribution in [0.5, 0.6) is 0 Å². The normalized spacial score (nSPS) is 32.6. The Morgan fingerprint density at radius 3 is 1.76 bits per heavy atom. The molecule has 3 fully saturated rings. The maximum Gasteiger partial charge on any atom is 0.187 e. The lowest BCUT2D eigenvalue weighted by Crippen LogP contribution is -2.65. The molecule has 270 valence electrons. The highest BCUT2D eigenvalue weighted by Gasteiger charge is 2.53. The van der Waals surface area contributed by atoms with E-state index in [1.807, 2.05) is 128 Å². The van der Waals surface area contributed by atoms with Crippen molar-refractivity contribution in [3.63, 3.8) is 0 Å². The zero-order chi connectivity index (χ0) is 35.4. The summed E-state index contributed by atoms with van der Waals surface area (Å²) in [6.45, 7) is 1.92. The standard InChI is InChI=1S/C40H44O10S/c1-2-51-39-34(44)32(42)36(50-38-33(43)31(41)35-29(47-38)23-45-37(49-35)25-15-7-3-8-16-25)30(48-39)24-46-40(26-17-9-4-10-18-26,27-19-11-5-12-20-27)28-21-13-6-14-22-28/h3-22,29-39,41-44H,2,23-24H2,1H3/t29?,30?,31-,32-,33?,34?,35-,36-,37?,38-,39+/m1/s1. The Balaban J connectivity index is 1.17. The molecule has 10 nitrogen and oxygen atoms in total. The molecule has 3 saturated heterocycles. The lowest BCUT2D eigenvalue weighted by molar-refractivity contribution is -0.378. The minimum absolute atomic E-state index is 0.0652. The summed E-state index contributed by atoms with van der Waals surface area (Å²) in [5.41, 5.74) is 1.53. The number of fused-ring (bicyclic) bond motifs is 1. The van der Waals surface area contributed by atoms with E-state index in [-0.39, 0.29) is 13.2 Å². The van der Waals surface area contributed by atoms with E-state index in [4.69, 9.17) is 28.4 Å². The van der Waals surface area contributed by atoms with Crippen LogP contribution in [0.3, 0.4) is 0 Å². The van der Waals surface area contributed by atoms with Crippen LogP contribution in [0.4, 0.5) is 0 Å². The maximum atomic E-state index is 11.6. The van der Waals surface area contributed by atoms with Crippen molar-refractivity contribution in [2.75, 3.05) is 19.0 Å². The Morgan fingerprint density at radius 1 is 0.667 bits per heavy atom. The minimum Gasteiger partial charge on any atom is -0.387 e. The monoisotopic (exact) mass is 716 g/mol. The van der Waals surface area contributed by atoms with Gasteiger partial charge >= 0.3 is 0 Å². The quantitative estimate of drug-likeness (QED) is 0.167. The molecule has 0 amide bonds. The number of aliphatic hydroxyl groups is 4. The van der Waals surface area contributed by atoms with E-state index in [0.717, 1.165) is 22.3 Å². The Kier molecular flexibility index (Phi) is 11.5. The van der Waals surface area contributed by atoms with Gasteiger partial charge < -0.3 is 48.8 Å². The fraction of sp³-hybridized carbons (Fsp3) is 0.400. The summed E-state index contributed by atoms with van der Waals surface area (Å²) in [5, 5.41) is 45.3. The second kappa shape index (κ2) is 16.2. The summed E-state index contributed by atoms with van der Waals surface area (Å²) in [4.78, 5) is 0. The van der Waals surface area contributed by atoms with Crippen molar-refractivity contribution in [3.8, 4) is 0 Å². The van der Waals surface area contributed by atoms with Gasteiger partial charge in [-0.3, -0.25) is 0 Å². The van der Waals surface area contributed by atoms with Crippen LogP contribution in [0.2, 0.25) is 0 Å². The predicted molar refractivity (Wildman–Crippen MR) is 190 cm³/mol. The highest BCUT2D eigenvalue weighted by molar-refractivity contribution is 7.99. The SMILES string of the molecule is CCS[C@@H]1OC(COC(c2ccccc2)(c2ccccc2)c2ccccc2)[C@@H](O[C@H]2OC3COC(c4ccccc4)O[C@H]3[C@H](O)C2O)[C@H](O)C1O. The Morgan fingerprint density at radius 2 is 1.22 bits per heavy atom. The number of thioether (sulfide) groups is 1. The third-order valence-corrected chi connectivity index (χ3v) is 10.7. The Bertz CT molecular complexity index is 1550. The van der Waals surface area contributed by atoms with Gasteiger partial charge in [0.1, 0.15) is 59.9 Å². The van der Waals surface area contributed by atoms with E-state index in [9.17, 15) is 20.4 Å². The fourth-order valence-corrected chi connectivity index (χ4v) is 8.02. The molecule has 3 aliphatic rings. The topological polar surface area (TPSA) is 136 Å². The second-order valence-electron chi connectivity index (χ2n) is 12.9. The van der Waals surface area contributed by atoms with Crippen molar-refractivity contribution in [1.82, 2.24) is 0 Å². The first kappa shape index (κ1) is 36.2. The van der Waals surface area contributed by atoms with Gasteiger partial charge in [-0.1, -0.05) is 128 Å². The van der Waals surface area contributed by atoms with E-state index in [1.165, 1.54) is 11.8 Å². The molecular formula is C40H44O10S. The second-order valence-corrected chi connectivity index (χ2v) is 14.2. The average Bonchev–Trinajstić information content (AvgIpc) is 3.18. The molecule has 4 N–H and O–H groups in total. The van der Waals surface area contributed by atoms with Crippen molar-refractivity contribution in [2.24, 2.45) is 0 Å². The fourth-order valence-electron chi connectivity index (χ4n) is 7.11. The van der Waals surface area contributed by atoms with E-state index in [1.54, 1.807) is 0 Å². The molecule has 11 heteroatoms. The van der Waals surface area contributed by atoms with Crippen LogP contribution in [0.1, 0.15) is 35.5 Å². The highest BCUT2D eigenvalue weighted by atomic mass is 32.2. The van der Waals surface area contributed by atoms with Crippen LogP contribution in [0, 0.1) is 0 Å². The van der Waals surface area contributed by atoms with Crippen molar-refractivity contribution >= 4 is 11.8 Å². The molecule has 0 saturated carbocycles. The summed E-state index contributed by atoms with van der Waals surface area (Å²) in [7, 11) is 0. The van der Waals surface area contributed by atoms with Crippen molar-refractivity contribution in [2.45, 2.75) is 79.4 Å². The molecule has 5 unspecified atom stereocenters. The smallest absolute Gasteiger partial charge is 0.187 e. The number of aliphatic hydroxyl groups excluding tert-OH is 4. The van der Waals surface area contributed by atoms with Crippen molar-refractivity contribution < 1.29 is 48.8 Å². The predicted octanol–water partition coefficient (Wildman–Crippen LogP) is 4.14. The number of hydrogen-bond donors (Lipinski definition) is 4. The van der Waals surface area contributed by atoms with Gasteiger partial charge in [0.15, 0.2) is 12.6 Å². The van der Waals surface area contributed by atoms with Gasteiger partial charge in [-0.15, -0.1) is 11.8 Å². The van der Waals surface area contributed by atoms with Gasteiger partial charge in [-0.05, 0) is 22.4 Å². The largest absolute Gasteiger partial charge is 0.387 e. The molecule has 11 atom stereocenters. The molecule has 0 radical (unpaired) electrons. The molecule has 0 bridgehead atoms. The van der Waals surface area contributed by atoms with Crippen LogP contribution in [0.15, 0.2) is 121 Å². The molecule has 0 aliphatic carbocycles. The van der Waals surface area contributed by atoms with Crippen LogP contribution in [0.25, 0.3) is 0 Å². The molecule has 3 aliphatic heterocycles. The van der Waals surface area contributed by atoms with Crippen LogP contribution in [-0.4, -0.2) is 100.0 Å². The number of ether oxygens (including phenoxy) is 6. The van der Waals surface area contributed by atoms with E-state index >= 15 is 0 Å². The molecule has 3 heterocycles. The molecule has 4 aromatic carbocycles. The molecule has 4 aromatic rings. The van der Waals surface area contributed by atoms with Gasteiger partial charge in [0.05, 0.1) is 13.2 Å². The highest BCUT2D eigenvalue weighted by Crippen LogP contribution is 2.42. The van der Waals surface area contributed by atoms with Gasteiger partial charge in [0.25, 0.3) is 0 Å². The minimum atomic E-state index is -1.55. The number of rotatable bonds is 11. The summed E-state index contributed by atoms with van der Waals surface area (Å²) in [6, 6.07) is 38.9. The summed E-state index contributed by atoms with van der Waals surface area (Å²) in [5.74, 6) is 0.624. The van der Waals surface area contributed by atoms with Crippen LogP contribution in [-0.2, 0) is 34.0 Å². The average molecular weight is 717 g/mol. The lowest BCUT2D eigenvalue weighted by atomic mass is 9.80. The van der Waals surface area contributed by atoms with Crippen molar-refractivity contribution in [3.05, 3.63) is 144 Å². The van der Waals surface area contributed by atoms with Gasteiger partial charge in [0, 0.05) is 5.56 Å². The summed E-state index contributed by atoms with van der Waals surface area (Å²) < 4.78 is 37.9. The van der Waals surface area contributed by atoms with Gasteiger partial charge in [-0.25, -0.2) is 0 Å². The molecule has 7 rings (SSSR count). The Labute approximate surface area is 301 Å². The third-order valence-electron chi connectivity index (χ3n) is 9.67. The molecule has 0 spiro atoms. The Hall–Kier alpha value is -3.17. The lowest BCUT2D eigenvalue weighted by Gasteiger charge is -2.49.